The van der Waals surface area contributed by atoms with Crippen molar-refractivity contribution in [1.29, 1.82) is 0 Å². The average Bonchev–Trinajstić information content (AvgIpc) is 2.02. The SMILES string of the molecule is Cc1cc(=O)n(CCCCl)c(=O)[nH]1. The first-order valence-electron chi connectivity index (χ1n) is 4.02. The van der Waals surface area contributed by atoms with Crippen LogP contribution in [0.15, 0.2) is 15.7 Å². The van der Waals surface area contributed by atoms with Crippen LogP contribution >= 0.6 is 11.6 Å². The summed E-state index contributed by atoms with van der Waals surface area (Å²) in [7, 11) is 0. The molecule has 0 unspecified atom stereocenters. The molecule has 0 aliphatic heterocycles. The molecule has 0 fully saturated rings. The van der Waals surface area contributed by atoms with Crippen molar-refractivity contribution in [3.05, 3.63) is 32.6 Å². The average molecular weight is 203 g/mol. The summed E-state index contributed by atoms with van der Waals surface area (Å²) in [5.74, 6) is 0.444. The summed E-state index contributed by atoms with van der Waals surface area (Å²) in [5, 5.41) is 0. The number of hydrogen-bond acceptors (Lipinski definition) is 2. The lowest BCUT2D eigenvalue weighted by Gasteiger charge is -2.02. The predicted octanol–water partition coefficient (Wildman–Crippen LogP) is 0.474. The van der Waals surface area contributed by atoms with Crippen LogP contribution in [-0.4, -0.2) is 15.4 Å². The third kappa shape index (κ3) is 2.45. The summed E-state index contributed by atoms with van der Waals surface area (Å²) in [6.07, 6.45) is 0.619. The second-order valence-electron chi connectivity index (χ2n) is 2.79. The summed E-state index contributed by atoms with van der Waals surface area (Å²) in [6.45, 7) is 2.05. The van der Waals surface area contributed by atoms with Gasteiger partial charge in [-0.15, -0.1) is 11.6 Å². The van der Waals surface area contributed by atoms with Gasteiger partial charge in [-0.2, -0.15) is 0 Å². The third-order valence-corrected chi connectivity index (χ3v) is 1.94. The maximum absolute atomic E-state index is 11.3. The topological polar surface area (TPSA) is 54.9 Å². The van der Waals surface area contributed by atoms with Crippen molar-refractivity contribution in [3.63, 3.8) is 0 Å². The van der Waals surface area contributed by atoms with E-state index in [9.17, 15) is 9.59 Å². The maximum Gasteiger partial charge on any atom is 0.328 e. The summed E-state index contributed by atoms with van der Waals surface area (Å²) >= 11 is 5.46. The molecule has 0 aliphatic carbocycles. The Bertz CT molecular complexity index is 363. The molecule has 1 aromatic heterocycles. The van der Waals surface area contributed by atoms with Crippen LogP contribution in [0.1, 0.15) is 12.1 Å². The van der Waals surface area contributed by atoms with Crippen LogP contribution in [0, 0.1) is 6.92 Å². The molecule has 0 atom stereocenters. The normalized spacial score (nSPS) is 10.3. The van der Waals surface area contributed by atoms with Crippen molar-refractivity contribution in [3.8, 4) is 0 Å². The minimum Gasteiger partial charge on any atom is -0.311 e. The highest BCUT2D eigenvalue weighted by atomic mass is 35.5. The van der Waals surface area contributed by atoms with Crippen LogP contribution in [-0.2, 0) is 6.54 Å². The van der Waals surface area contributed by atoms with E-state index < -0.39 is 0 Å². The highest BCUT2D eigenvalue weighted by molar-refractivity contribution is 6.17. The molecule has 0 radical (unpaired) electrons. The Balaban J connectivity index is 3.07. The van der Waals surface area contributed by atoms with Gasteiger partial charge in [0.1, 0.15) is 0 Å². The molecular formula is C8H11ClN2O2. The Labute approximate surface area is 80.2 Å². The molecule has 72 valence electrons. The monoisotopic (exact) mass is 202 g/mol. The number of hydrogen-bond donors (Lipinski definition) is 1. The fourth-order valence-electron chi connectivity index (χ4n) is 1.07. The summed E-state index contributed by atoms with van der Waals surface area (Å²) in [4.78, 5) is 25.1. The van der Waals surface area contributed by atoms with Gasteiger partial charge in [-0.25, -0.2) is 4.79 Å². The lowest BCUT2D eigenvalue weighted by atomic mass is 10.4. The molecule has 1 heterocycles. The summed E-state index contributed by atoms with van der Waals surface area (Å²) in [5.41, 5.74) is -0.0568. The summed E-state index contributed by atoms with van der Waals surface area (Å²) < 4.78 is 1.15. The highest BCUT2D eigenvalue weighted by Gasteiger charge is 2.00. The number of aromatic nitrogens is 2. The van der Waals surface area contributed by atoms with Gasteiger partial charge in [0.25, 0.3) is 5.56 Å². The number of H-pyrrole nitrogens is 1. The third-order valence-electron chi connectivity index (χ3n) is 1.67. The van der Waals surface area contributed by atoms with Crippen LogP contribution in [0.5, 0.6) is 0 Å². The van der Waals surface area contributed by atoms with Crippen LogP contribution in [0.4, 0.5) is 0 Å². The molecule has 13 heavy (non-hydrogen) atoms. The van der Waals surface area contributed by atoms with E-state index in [1.54, 1.807) is 6.92 Å². The number of alkyl halides is 1. The number of nitrogens with one attached hydrogen (secondary N) is 1. The molecule has 0 saturated heterocycles. The molecule has 0 aliphatic rings. The first kappa shape index (κ1) is 10.1. The van der Waals surface area contributed by atoms with E-state index in [2.05, 4.69) is 4.98 Å². The Hall–Kier alpha value is -1.03. The Morgan fingerprint density at radius 2 is 2.23 bits per heavy atom. The van der Waals surface area contributed by atoms with Crippen LogP contribution < -0.4 is 11.2 Å². The fraction of sp³-hybridized carbons (Fsp3) is 0.500. The van der Waals surface area contributed by atoms with E-state index in [4.69, 9.17) is 11.6 Å². The lowest BCUT2D eigenvalue weighted by molar-refractivity contribution is 0.614. The van der Waals surface area contributed by atoms with Gasteiger partial charge in [-0.05, 0) is 13.3 Å². The van der Waals surface area contributed by atoms with Gasteiger partial charge in [0, 0.05) is 24.2 Å². The van der Waals surface area contributed by atoms with Crippen LogP contribution in [0.2, 0.25) is 0 Å². The van der Waals surface area contributed by atoms with Crippen LogP contribution in [0.3, 0.4) is 0 Å². The first-order chi connectivity index (χ1) is 6.15. The van der Waals surface area contributed by atoms with Gasteiger partial charge >= 0.3 is 5.69 Å². The van der Waals surface area contributed by atoms with Gasteiger partial charge < -0.3 is 4.98 Å². The molecule has 0 amide bonds. The zero-order chi connectivity index (χ0) is 9.84. The molecule has 1 aromatic rings. The molecule has 0 saturated carbocycles. The maximum atomic E-state index is 11.3. The number of halogens is 1. The number of nitrogens with zero attached hydrogens (tertiary/aromatic N) is 1. The summed E-state index contributed by atoms with van der Waals surface area (Å²) in [6, 6.07) is 1.40. The molecule has 1 N–H and O–H groups in total. The molecule has 5 heteroatoms. The minimum atomic E-state index is -0.366. The molecule has 4 nitrogen and oxygen atoms in total. The minimum absolute atomic E-state index is 0.272. The molecule has 0 bridgehead atoms. The second-order valence-corrected chi connectivity index (χ2v) is 3.17. The zero-order valence-corrected chi connectivity index (χ0v) is 8.10. The van der Waals surface area contributed by atoms with Gasteiger partial charge in [-0.3, -0.25) is 9.36 Å². The molecular weight excluding hydrogens is 192 g/mol. The number of aromatic amines is 1. The lowest BCUT2D eigenvalue weighted by Crippen LogP contribution is -2.35. The van der Waals surface area contributed by atoms with Crippen molar-refractivity contribution in [2.45, 2.75) is 19.9 Å². The number of aryl methyl sites for hydroxylation is 1. The van der Waals surface area contributed by atoms with Gasteiger partial charge in [0.2, 0.25) is 0 Å². The van der Waals surface area contributed by atoms with Crippen molar-refractivity contribution in [1.82, 2.24) is 9.55 Å². The van der Waals surface area contributed by atoms with E-state index in [1.807, 2.05) is 0 Å². The zero-order valence-electron chi connectivity index (χ0n) is 7.34. The van der Waals surface area contributed by atoms with E-state index in [1.165, 1.54) is 6.07 Å². The quantitative estimate of drug-likeness (QED) is 0.725. The Kier molecular flexibility index (Phi) is 3.31. The van der Waals surface area contributed by atoms with Gasteiger partial charge in [0.05, 0.1) is 0 Å². The van der Waals surface area contributed by atoms with Gasteiger partial charge in [-0.1, -0.05) is 0 Å². The molecule has 1 rings (SSSR count). The molecule has 0 spiro atoms. The van der Waals surface area contributed by atoms with Crippen molar-refractivity contribution >= 4 is 11.6 Å². The van der Waals surface area contributed by atoms with Crippen molar-refractivity contribution in [2.24, 2.45) is 0 Å². The smallest absolute Gasteiger partial charge is 0.311 e. The number of rotatable bonds is 3. The standard InChI is InChI=1S/C8H11ClN2O2/c1-6-5-7(12)11(4-2-3-9)8(13)10-6/h5H,2-4H2,1H3,(H,10,13). The first-order valence-corrected chi connectivity index (χ1v) is 4.55. The second kappa shape index (κ2) is 4.28. The van der Waals surface area contributed by atoms with E-state index in [-0.39, 0.29) is 11.2 Å². The largest absolute Gasteiger partial charge is 0.328 e. The van der Waals surface area contributed by atoms with E-state index in [0.717, 1.165) is 4.57 Å². The van der Waals surface area contributed by atoms with E-state index >= 15 is 0 Å². The van der Waals surface area contributed by atoms with E-state index in [0.29, 0.717) is 24.5 Å². The fourth-order valence-corrected chi connectivity index (χ4v) is 1.18. The highest BCUT2D eigenvalue weighted by Crippen LogP contribution is 1.86. The van der Waals surface area contributed by atoms with Gasteiger partial charge in [0.15, 0.2) is 0 Å². The van der Waals surface area contributed by atoms with Crippen molar-refractivity contribution < 1.29 is 0 Å². The van der Waals surface area contributed by atoms with Crippen molar-refractivity contribution in [2.75, 3.05) is 5.88 Å². The molecule has 0 aromatic carbocycles. The predicted molar refractivity (Wildman–Crippen MR) is 51.4 cm³/mol. The van der Waals surface area contributed by atoms with Crippen LogP contribution in [0.25, 0.3) is 0 Å². The Morgan fingerprint density at radius 3 is 2.77 bits per heavy atom. The Morgan fingerprint density at radius 1 is 1.54 bits per heavy atom.